The molecule has 3 aliphatic heterocycles. The summed E-state index contributed by atoms with van der Waals surface area (Å²) in [7, 11) is 0. The lowest BCUT2D eigenvalue weighted by molar-refractivity contribution is -0.0234. The standard InChI is InChI=1S/C22H32N4O3/c1-2-17-5-7-18(8-6-17)23-20(27)26-13-10-22(15-26)16-29-14-9-19(22)24-21(28)25-11-3-4-12-25/h5-8,19H,2-4,9-16H2,1H3,(H,23,27)(H,24,28)/t19-,22+/m1/s1. The summed E-state index contributed by atoms with van der Waals surface area (Å²) in [5.41, 5.74) is 1.86. The van der Waals surface area contributed by atoms with Crippen molar-refractivity contribution in [1.82, 2.24) is 15.1 Å². The molecule has 4 rings (SSSR count). The van der Waals surface area contributed by atoms with E-state index in [9.17, 15) is 9.59 Å². The number of ether oxygens (including phenoxy) is 1. The SMILES string of the molecule is CCc1ccc(NC(=O)N2CC[C@@]3(COCC[C@H]3NC(=O)N3CCCC3)C2)cc1. The monoisotopic (exact) mass is 400 g/mol. The number of likely N-dealkylation sites (tertiary alicyclic amines) is 2. The van der Waals surface area contributed by atoms with Crippen LogP contribution in [-0.2, 0) is 11.2 Å². The number of carbonyl (C=O) groups excluding carboxylic acids is 2. The van der Waals surface area contributed by atoms with E-state index in [1.807, 2.05) is 34.1 Å². The van der Waals surface area contributed by atoms with Gasteiger partial charge in [-0.25, -0.2) is 9.59 Å². The minimum atomic E-state index is -0.197. The first kappa shape index (κ1) is 20.0. The van der Waals surface area contributed by atoms with Crippen LogP contribution in [0, 0.1) is 5.41 Å². The van der Waals surface area contributed by atoms with E-state index in [0.717, 1.165) is 50.9 Å². The van der Waals surface area contributed by atoms with Crippen LogP contribution >= 0.6 is 0 Å². The van der Waals surface area contributed by atoms with E-state index in [1.54, 1.807) is 0 Å². The lowest BCUT2D eigenvalue weighted by atomic mass is 9.77. The topological polar surface area (TPSA) is 73.9 Å². The zero-order valence-corrected chi connectivity index (χ0v) is 17.3. The van der Waals surface area contributed by atoms with Crippen molar-refractivity contribution in [2.75, 3.05) is 44.7 Å². The molecule has 2 atom stereocenters. The third-order valence-electron chi connectivity index (χ3n) is 6.66. The average Bonchev–Trinajstić information content (AvgIpc) is 3.42. The number of anilines is 1. The first-order valence-corrected chi connectivity index (χ1v) is 10.9. The van der Waals surface area contributed by atoms with E-state index in [4.69, 9.17) is 4.74 Å². The Morgan fingerprint density at radius 1 is 1.10 bits per heavy atom. The van der Waals surface area contributed by atoms with Crippen LogP contribution in [0.15, 0.2) is 24.3 Å². The first-order valence-electron chi connectivity index (χ1n) is 10.9. The van der Waals surface area contributed by atoms with Gasteiger partial charge in [0.05, 0.1) is 6.61 Å². The Morgan fingerprint density at radius 3 is 2.59 bits per heavy atom. The molecule has 4 amide bonds. The van der Waals surface area contributed by atoms with Crippen LogP contribution in [0.2, 0.25) is 0 Å². The Morgan fingerprint density at radius 2 is 1.86 bits per heavy atom. The smallest absolute Gasteiger partial charge is 0.321 e. The number of carbonyl (C=O) groups is 2. The number of aryl methyl sites for hydroxylation is 1. The number of amides is 4. The summed E-state index contributed by atoms with van der Waals surface area (Å²) in [5.74, 6) is 0. The molecule has 3 heterocycles. The largest absolute Gasteiger partial charge is 0.381 e. The zero-order chi connectivity index (χ0) is 20.3. The van der Waals surface area contributed by atoms with E-state index < -0.39 is 0 Å². The summed E-state index contributed by atoms with van der Waals surface area (Å²) >= 11 is 0. The van der Waals surface area contributed by atoms with Gasteiger partial charge in [-0.3, -0.25) is 0 Å². The van der Waals surface area contributed by atoms with Crippen molar-refractivity contribution in [1.29, 1.82) is 0 Å². The van der Waals surface area contributed by atoms with Crippen molar-refractivity contribution in [2.45, 2.75) is 45.1 Å². The normalized spacial score (nSPS) is 26.7. The molecule has 3 fully saturated rings. The fraction of sp³-hybridized carbons (Fsp3) is 0.636. The van der Waals surface area contributed by atoms with Crippen molar-refractivity contribution in [3.63, 3.8) is 0 Å². The van der Waals surface area contributed by atoms with Crippen molar-refractivity contribution < 1.29 is 14.3 Å². The summed E-state index contributed by atoms with van der Waals surface area (Å²) in [6, 6.07) is 7.98. The summed E-state index contributed by atoms with van der Waals surface area (Å²) < 4.78 is 5.79. The minimum Gasteiger partial charge on any atom is -0.381 e. The predicted octanol–water partition coefficient (Wildman–Crippen LogP) is 3.07. The van der Waals surface area contributed by atoms with Crippen molar-refractivity contribution in [3.8, 4) is 0 Å². The van der Waals surface area contributed by atoms with Crippen LogP contribution in [0.4, 0.5) is 15.3 Å². The summed E-state index contributed by atoms with van der Waals surface area (Å²) in [6.07, 6.45) is 4.79. The highest BCUT2D eigenvalue weighted by atomic mass is 16.5. The van der Waals surface area contributed by atoms with Gasteiger partial charge in [-0.15, -0.1) is 0 Å². The van der Waals surface area contributed by atoms with Gasteiger partial charge in [0.1, 0.15) is 0 Å². The number of urea groups is 2. The van der Waals surface area contributed by atoms with Gasteiger partial charge in [0.15, 0.2) is 0 Å². The van der Waals surface area contributed by atoms with E-state index in [1.165, 1.54) is 5.56 Å². The molecule has 0 radical (unpaired) electrons. The summed E-state index contributed by atoms with van der Waals surface area (Å²) in [6.45, 7) is 6.33. The Bertz CT molecular complexity index is 732. The highest BCUT2D eigenvalue weighted by Crippen LogP contribution is 2.38. The van der Waals surface area contributed by atoms with Gasteiger partial charge in [0.2, 0.25) is 0 Å². The Balaban J connectivity index is 1.38. The van der Waals surface area contributed by atoms with Crippen molar-refractivity contribution >= 4 is 17.7 Å². The molecule has 0 unspecified atom stereocenters. The average molecular weight is 401 g/mol. The summed E-state index contributed by atoms with van der Waals surface area (Å²) in [5, 5.41) is 6.27. The molecule has 1 spiro atoms. The van der Waals surface area contributed by atoms with Crippen LogP contribution in [0.25, 0.3) is 0 Å². The Hall–Kier alpha value is -2.28. The number of nitrogens with one attached hydrogen (secondary N) is 2. The lowest BCUT2D eigenvalue weighted by Gasteiger charge is -2.41. The quantitative estimate of drug-likeness (QED) is 0.819. The maximum Gasteiger partial charge on any atom is 0.321 e. The van der Waals surface area contributed by atoms with Crippen molar-refractivity contribution in [2.24, 2.45) is 5.41 Å². The van der Waals surface area contributed by atoms with Gasteiger partial charge in [-0.05, 0) is 49.8 Å². The molecule has 0 bridgehead atoms. The van der Waals surface area contributed by atoms with Gasteiger partial charge < -0.3 is 25.2 Å². The molecule has 29 heavy (non-hydrogen) atoms. The molecule has 0 aromatic heterocycles. The van der Waals surface area contributed by atoms with Gasteiger partial charge in [0.25, 0.3) is 0 Å². The van der Waals surface area contributed by atoms with E-state index in [0.29, 0.717) is 26.3 Å². The fourth-order valence-electron chi connectivity index (χ4n) is 4.77. The van der Waals surface area contributed by atoms with Gasteiger partial charge in [0, 0.05) is 49.9 Å². The number of hydrogen-bond acceptors (Lipinski definition) is 3. The maximum atomic E-state index is 12.8. The Labute approximate surface area is 172 Å². The molecular weight excluding hydrogens is 368 g/mol. The van der Waals surface area contributed by atoms with Crippen LogP contribution in [0.3, 0.4) is 0 Å². The van der Waals surface area contributed by atoms with Crippen LogP contribution < -0.4 is 10.6 Å². The Kier molecular flexibility index (Phi) is 5.94. The second kappa shape index (κ2) is 8.61. The van der Waals surface area contributed by atoms with E-state index in [-0.39, 0.29) is 23.5 Å². The van der Waals surface area contributed by atoms with Crippen LogP contribution in [0.5, 0.6) is 0 Å². The third-order valence-corrected chi connectivity index (χ3v) is 6.66. The molecule has 3 aliphatic rings. The number of benzene rings is 1. The van der Waals surface area contributed by atoms with Gasteiger partial charge in [-0.2, -0.15) is 0 Å². The number of rotatable bonds is 3. The molecule has 2 N–H and O–H groups in total. The zero-order valence-electron chi connectivity index (χ0n) is 17.3. The molecule has 7 heteroatoms. The minimum absolute atomic E-state index is 0.0349. The number of hydrogen-bond donors (Lipinski definition) is 2. The highest BCUT2D eigenvalue weighted by molar-refractivity contribution is 5.89. The summed E-state index contributed by atoms with van der Waals surface area (Å²) in [4.78, 5) is 29.2. The van der Waals surface area contributed by atoms with Gasteiger partial charge >= 0.3 is 12.1 Å². The maximum absolute atomic E-state index is 12.8. The molecule has 0 saturated carbocycles. The molecule has 1 aromatic carbocycles. The first-order chi connectivity index (χ1) is 14.1. The lowest BCUT2D eigenvalue weighted by Crippen LogP contribution is -2.57. The van der Waals surface area contributed by atoms with E-state index in [2.05, 4.69) is 17.6 Å². The molecule has 158 valence electrons. The second-order valence-electron chi connectivity index (χ2n) is 8.55. The number of nitrogens with zero attached hydrogens (tertiary/aromatic N) is 2. The molecule has 1 aromatic rings. The third kappa shape index (κ3) is 4.34. The predicted molar refractivity (Wildman–Crippen MR) is 112 cm³/mol. The molecule has 3 saturated heterocycles. The second-order valence-corrected chi connectivity index (χ2v) is 8.55. The molecular formula is C22H32N4O3. The highest BCUT2D eigenvalue weighted by Gasteiger charge is 2.48. The van der Waals surface area contributed by atoms with Crippen molar-refractivity contribution in [3.05, 3.63) is 29.8 Å². The van der Waals surface area contributed by atoms with Crippen LogP contribution in [-0.4, -0.2) is 67.3 Å². The molecule has 7 nitrogen and oxygen atoms in total. The van der Waals surface area contributed by atoms with E-state index >= 15 is 0 Å². The van der Waals surface area contributed by atoms with Gasteiger partial charge in [-0.1, -0.05) is 19.1 Å². The fourth-order valence-corrected chi connectivity index (χ4v) is 4.77. The molecule has 0 aliphatic carbocycles. The van der Waals surface area contributed by atoms with Crippen LogP contribution in [0.1, 0.15) is 38.2 Å².